The summed E-state index contributed by atoms with van der Waals surface area (Å²) in [6.45, 7) is 4.96. The Morgan fingerprint density at radius 3 is 2.84 bits per heavy atom. The first-order valence-corrected chi connectivity index (χ1v) is 7.70. The summed E-state index contributed by atoms with van der Waals surface area (Å²) in [7, 11) is 0. The number of aryl methyl sites for hydroxylation is 2. The van der Waals surface area contributed by atoms with Crippen LogP contribution in [0.1, 0.15) is 29.9 Å². The van der Waals surface area contributed by atoms with Crippen LogP contribution in [0.5, 0.6) is 0 Å². The van der Waals surface area contributed by atoms with E-state index >= 15 is 0 Å². The molecule has 0 aliphatic rings. The van der Waals surface area contributed by atoms with Gasteiger partial charge in [-0.05, 0) is 66.3 Å². The Kier molecular flexibility index (Phi) is 4.86. The van der Waals surface area contributed by atoms with Crippen molar-refractivity contribution in [1.82, 2.24) is 9.78 Å². The predicted molar refractivity (Wildman–Crippen MR) is 87.4 cm³/mol. The molecule has 2 aromatic rings. The first-order chi connectivity index (χ1) is 9.01. The highest BCUT2D eigenvalue weighted by Crippen LogP contribution is 2.25. The van der Waals surface area contributed by atoms with Crippen LogP contribution in [0.25, 0.3) is 0 Å². The van der Waals surface area contributed by atoms with Crippen LogP contribution in [0.3, 0.4) is 0 Å². The fourth-order valence-electron chi connectivity index (χ4n) is 2.17. The summed E-state index contributed by atoms with van der Waals surface area (Å²) in [5.41, 5.74) is 9.62. The van der Waals surface area contributed by atoms with Crippen LogP contribution in [0.15, 0.2) is 24.3 Å². The highest BCUT2D eigenvalue weighted by molar-refractivity contribution is 14.1. The Morgan fingerprint density at radius 1 is 1.42 bits per heavy atom. The van der Waals surface area contributed by atoms with Crippen LogP contribution in [-0.4, -0.2) is 9.78 Å². The molecule has 2 rings (SSSR count). The van der Waals surface area contributed by atoms with Gasteiger partial charge in [0.2, 0.25) is 0 Å². The van der Waals surface area contributed by atoms with Crippen LogP contribution < -0.4 is 5.73 Å². The number of rotatable bonds is 4. The highest BCUT2D eigenvalue weighted by Gasteiger charge is 2.14. The number of halogens is 2. The topological polar surface area (TPSA) is 43.8 Å². The molecule has 0 saturated carbocycles. The van der Waals surface area contributed by atoms with Crippen LogP contribution in [0.4, 0.5) is 0 Å². The van der Waals surface area contributed by atoms with Gasteiger partial charge < -0.3 is 5.73 Å². The van der Waals surface area contributed by atoms with Crippen molar-refractivity contribution in [2.45, 2.75) is 32.9 Å². The van der Waals surface area contributed by atoms with Gasteiger partial charge in [0.05, 0.1) is 5.69 Å². The first kappa shape index (κ1) is 14.8. The van der Waals surface area contributed by atoms with Gasteiger partial charge in [-0.2, -0.15) is 5.10 Å². The molecule has 2 N–H and O–H groups in total. The average Bonchev–Trinajstić information content (AvgIpc) is 2.72. The minimum Gasteiger partial charge on any atom is -0.324 e. The molecular formula is C14H17ClIN3. The lowest BCUT2D eigenvalue weighted by Crippen LogP contribution is -2.17. The van der Waals surface area contributed by atoms with Gasteiger partial charge >= 0.3 is 0 Å². The minimum absolute atomic E-state index is 0.0630. The fourth-order valence-corrected chi connectivity index (χ4v) is 3.09. The molecular weight excluding hydrogens is 373 g/mol. The van der Waals surface area contributed by atoms with E-state index in [-0.39, 0.29) is 6.04 Å². The minimum atomic E-state index is -0.0630. The average molecular weight is 390 g/mol. The van der Waals surface area contributed by atoms with Crippen molar-refractivity contribution in [2.24, 2.45) is 5.73 Å². The normalized spacial score (nSPS) is 12.7. The SMILES string of the molecule is CCn1nc(C)cc1CC(N)c1cc(Cl)ccc1I. The van der Waals surface area contributed by atoms with Crippen LogP contribution in [0, 0.1) is 10.5 Å². The molecule has 0 saturated heterocycles. The van der Waals surface area contributed by atoms with E-state index in [9.17, 15) is 0 Å². The maximum atomic E-state index is 6.33. The van der Waals surface area contributed by atoms with E-state index < -0.39 is 0 Å². The van der Waals surface area contributed by atoms with Gasteiger partial charge in [0, 0.05) is 33.3 Å². The zero-order valence-corrected chi connectivity index (χ0v) is 13.9. The quantitative estimate of drug-likeness (QED) is 0.810. The van der Waals surface area contributed by atoms with E-state index in [1.165, 1.54) is 5.69 Å². The van der Waals surface area contributed by atoms with E-state index in [1.807, 2.05) is 29.8 Å². The number of nitrogens with zero attached hydrogens (tertiary/aromatic N) is 2. The third-order valence-corrected chi connectivity index (χ3v) is 4.29. The zero-order chi connectivity index (χ0) is 14.0. The van der Waals surface area contributed by atoms with Crippen LogP contribution >= 0.6 is 34.2 Å². The lowest BCUT2D eigenvalue weighted by molar-refractivity contribution is 0.586. The van der Waals surface area contributed by atoms with Crippen molar-refractivity contribution >= 4 is 34.2 Å². The largest absolute Gasteiger partial charge is 0.324 e. The molecule has 19 heavy (non-hydrogen) atoms. The van der Waals surface area contributed by atoms with Crippen molar-refractivity contribution in [1.29, 1.82) is 0 Å². The van der Waals surface area contributed by atoms with Crippen LogP contribution in [-0.2, 0) is 13.0 Å². The molecule has 1 aromatic heterocycles. The molecule has 1 atom stereocenters. The van der Waals surface area contributed by atoms with Crippen molar-refractivity contribution < 1.29 is 0 Å². The monoisotopic (exact) mass is 389 g/mol. The smallest absolute Gasteiger partial charge is 0.0596 e. The van der Waals surface area contributed by atoms with Gasteiger partial charge in [-0.3, -0.25) is 4.68 Å². The summed E-state index contributed by atoms with van der Waals surface area (Å²) in [5.74, 6) is 0. The van der Waals surface area contributed by atoms with E-state index in [2.05, 4.69) is 40.7 Å². The number of hydrogen-bond donors (Lipinski definition) is 1. The Labute approximate surface area is 132 Å². The van der Waals surface area contributed by atoms with Gasteiger partial charge in [-0.25, -0.2) is 0 Å². The molecule has 0 radical (unpaired) electrons. The highest BCUT2D eigenvalue weighted by atomic mass is 127. The third-order valence-electron chi connectivity index (χ3n) is 3.07. The second-order valence-corrected chi connectivity index (χ2v) is 6.17. The second kappa shape index (κ2) is 6.24. The molecule has 0 amide bonds. The summed E-state index contributed by atoms with van der Waals surface area (Å²) in [5, 5.41) is 5.18. The molecule has 0 fully saturated rings. The molecule has 0 bridgehead atoms. The summed E-state index contributed by atoms with van der Waals surface area (Å²) in [6, 6.07) is 7.88. The van der Waals surface area contributed by atoms with E-state index in [0.717, 1.165) is 32.8 Å². The zero-order valence-electron chi connectivity index (χ0n) is 11.0. The van der Waals surface area contributed by atoms with Gasteiger partial charge in [-0.15, -0.1) is 0 Å². The van der Waals surface area contributed by atoms with Gasteiger partial charge in [0.15, 0.2) is 0 Å². The molecule has 0 spiro atoms. The fraction of sp³-hybridized carbons (Fsp3) is 0.357. The third kappa shape index (κ3) is 3.49. The van der Waals surface area contributed by atoms with E-state index in [4.69, 9.17) is 17.3 Å². The molecule has 0 aliphatic carbocycles. The van der Waals surface area contributed by atoms with Crippen molar-refractivity contribution in [2.75, 3.05) is 0 Å². The van der Waals surface area contributed by atoms with Gasteiger partial charge in [0.25, 0.3) is 0 Å². The lowest BCUT2D eigenvalue weighted by Gasteiger charge is -2.15. The summed E-state index contributed by atoms with van der Waals surface area (Å²) < 4.78 is 3.15. The number of hydrogen-bond acceptors (Lipinski definition) is 2. The molecule has 1 unspecified atom stereocenters. The van der Waals surface area contributed by atoms with E-state index in [0.29, 0.717) is 0 Å². The molecule has 0 aliphatic heterocycles. The number of aromatic nitrogens is 2. The standard InChI is InChI=1S/C14H17ClIN3/c1-3-19-11(6-9(2)18-19)8-14(17)12-7-10(15)4-5-13(12)16/h4-7,14H,3,8,17H2,1-2H3. The number of nitrogens with two attached hydrogens (primary N) is 1. The summed E-state index contributed by atoms with van der Waals surface area (Å²) in [4.78, 5) is 0. The van der Waals surface area contributed by atoms with Crippen LogP contribution in [0.2, 0.25) is 5.02 Å². The Morgan fingerprint density at radius 2 is 2.16 bits per heavy atom. The van der Waals surface area contributed by atoms with Crippen molar-refractivity contribution in [3.05, 3.63) is 49.8 Å². The molecule has 5 heteroatoms. The second-order valence-electron chi connectivity index (χ2n) is 4.57. The number of benzene rings is 1. The molecule has 102 valence electrons. The predicted octanol–water partition coefficient (Wildman–Crippen LogP) is 3.71. The van der Waals surface area contributed by atoms with Crippen molar-refractivity contribution in [3.8, 4) is 0 Å². The van der Waals surface area contributed by atoms with Gasteiger partial charge in [0.1, 0.15) is 0 Å². The van der Waals surface area contributed by atoms with E-state index in [1.54, 1.807) is 0 Å². The summed E-state index contributed by atoms with van der Waals surface area (Å²) >= 11 is 8.35. The Hall–Kier alpha value is -0.590. The molecule has 1 heterocycles. The van der Waals surface area contributed by atoms with Crippen molar-refractivity contribution in [3.63, 3.8) is 0 Å². The molecule has 1 aromatic carbocycles. The van der Waals surface area contributed by atoms with Gasteiger partial charge in [-0.1, -0.05) is 11.6 Å². The summed E-state index contributed by atoms with van der Waals surface area (Å²) in [6.07, 6.45) is 0.769. The maximum Gasteiger partial charge on any atom is 0.0596 e. The Bertz CT molecular complexity index is 580. The Balaban J connectivity index is 2.25. The molecule has 3 nitrogen and oxygen atoms in total. The lowest BCUT2D eigenvalue weighted by atomic mass is 10.0. The first-order valence-electron chi connectivity index (χ1n) is 6.25. The maximum absolute atomic E-state index is 6.33.